The molecule has 2 N–H and O–H groups in total. The molecule has 0 saturated carbocycles. The maximum Gasteiger partial charge on any atom is 0.673 e. The number of benzene rings is 2. The Kier molecular flexibility index (Phi) is 11.0. The van der Waals surface area contributed by atoms with Gasteiger partial charge in [0.15, 0.2) is 0 Å². The molecular formula is C27H30BF4NO2S. The molecule has 0 saturated heterocycles. The zero-order chi connectivity index (χ0) is 26.7. The SMILES string of the molecule is CCC(=Cc1ccc(OC)cc1)c1cc(C(=Cc2ccc(OC)cc2)CC)sc(=[NH2+])c1.F[B-](F)(F)F. The molecule has 0 amide bonds. The molecular weight excluding hydrogens is 489 g/mol. The summed E-state index contributed by atoms with van der Waals surface area (Å²) in [6.45, 7) is 4.36. The second kappa shape index (κ2) is 13.7. The van der Waals surface area contributed by atoms with Crippen LogP contribution in [0.15, 0.2) is 60.7 Å². The topological polar surface area (TPSA) is 44.0 Å². The van der Waals surface area contributed by atoms with E-state index in [2.05, 4.69) is 62.4 Å². The van der Waals surface area contributed by atoms with Gasteiger partial charge in [-0.05, 0) is 71.0 Å². The van der Waals surface area contributed by atoms with Crippen LogP contribution < -0.4 is 19.6 Å². The van der Waals surface area contributed by atoms with Crippen LogP contribution in [0.5, 0.6) is 11.5 Å². The maximum atomic E-state index is 9.75. The van der Waals surface area contributed by atoms with Crippen molar-refractivity contribution in [3.8, 4) is 11.5 Å². The first-order valence-electron chi connectivity index (χ1n) is 11.4. The summed E-state index contributed by atoms with van der Waals surface area (Å²) >= 11 is 1.63. The molecule has 192 valence electrons. The van der Waals surface area contributed by atoms with Gasteiger partial charge >= 0.3 is 7.25 Å². The molecule has 0 spiro atoms. The van der Waals surface area contributed by atoms with Crippen molar-refractivity contribution in [3.63, 3.8) is 0 Å². The molecule has 3 aromatic rings. The number of hydrogen-bond donors (Lipinski definition) is 1. The van der Waals surface area contributed by atoms with Crippen LogP contribution in [0.2, 0.25) is 0 Å². The van der Waals surface area contributed by atoms with E-state index in [1.165, 1.54) is 21.6 Å². The molecule has 0 radical (unpaired) electrons. The van der Waals surface area contributed by atoms with E-state index in [4.69, 9.17) is 14.9 Å². The second-order valence-electron chi connectivity index (χ2n) is 7.70. The summed E-state index contributed by atoms with van der Waals surface area (Å²) in [5.74, 6) is 1.72. The second-order valence-corrected chi connectivity index (χ2v) is 8.82. The summed E-state index contributed by atoms with van der Waals surface area (Å²) < 4.78 is 50.4. The Morgan fingerprint density at radius 1 is 0.778 bits per heavy atom. The molecule has 0 aliphatic rings. The van der Waals surface area contributed by atoms with Crippen molar-refractivity contribution in [3.05, 3.63) is 86.9 Å². The number of allylic oxidation sites excluding steroid dienone is 2. The van der Waals surface area contributed by atoms with E-state index in [1.54, 1.807) is 25.6 Å². The van der Waals surface area contributed by atoms with Gasteiger partial charge in [-0.15, -0.1) is 0 Å². The first-order chi connectivity index (χ1) is 17.1. The number of rotatable bonds is 8. The third-order valence-electron chi connectivity index (χ3n) is 5.17. The van der Waals surface area contributed by atoms with E-state index < -0.39 is 7.25 Å². The summed E-state index contributed by atoms with van der Waals surface area (Å²) in [4.78, 5) is 1.20. The number of halogens is 4. The van der Waals surface area contributed by atoms with Crippen molar-refractivity contribution >= 4 is 41.9 Å². The monoisotopic (exact) mass is 519 g/mol. The largest absolute Gasteiger partial charge is 0.673 e. The highest BCUT2D eigenvalue weighted by Crippen LogP contribution is 2.29. The summed E-state index contributed by atoms with van der Waals surface area (Å²) in [6, 6.07) is 20.6. The van der Waals surface area contributed by atoms with Gasteiger partial charge in [-0.2, -0.15) is 0 Å². The van der Waals surface area contributed by atoms with Crippen molar-refractivity contribution in [1.29, 1.82) is 0 Å². The number of nitrogens with two attached hydrogens (primary N) is 1. The van der Waals surface area contributed by atoms with Crippen LogP contribution in [0.25, 0.3) is 23.3 Å². The van der Waals surface area contributed by atoms with Gasteiger partial charge < -0.3 is 26.7 Å². The Balaban J connectivity index is 0.000000830. The summed E-state index contributed by atoms with van der Waals surface area (Å²) in [5, 5.41) is 6.34. The van der Waals surface area contributed by atoms with Gasteiger partial charge in [-0.1, -0.05) is 61.6 Å². The van der Waals surface area contributed by atoms with E-state index in [0.29, 0.717) is 0 Å². The van der Waals surface area contributed by atoms with Crippen molar-refractivity contribution < 1.29 is 32.1 Å². The lowest BCUT2D eigenvalue weighted by atomic mass is 9.99. The van der Waals surface area contributed by atoms with Crippen LogP contribution in [0, 0.1) is 0 Å². The highest BCUT2D eigenvalue weighted by molar-refractivity contribution is 7.10. The molecule has 0 aliphatic carbocycles. The Hall–Kier alpha value is -3.33. The molecule has 3 rings (SSSR count). The predicted octanol–water partition coefficient (Wildman–Crippen LogP) is 6.63. The average molecular weight is 519 g/mol. The number of ether oxygens (including phenoxy) is 2. The summed E-state index contributed by atoms with van der Waals surface area (Å²) in [6.07, 6.45) is 6.30. The molecule has 0 atom stereocenters. The summed E-state index contributed by atoms with van der Waals surface area (Å²) in [5.41, 5.74) is 5.99. The molecule has 0 bridgehead atoms. The van der Waals surface area contributed by atoms with Crippen LogP contribution in [-0.4, -0.2) is 21.5 Å². The highest BCUT2D eigenvalue weighted by atomic mass is 32.1. The number of methoxy groups -OCH3 is 2. The maximum absolute atomic E-state index is 9.75. The smallest absolute Gasteiger partial charge is 0.497 e. The minimum atomic E-state index is -6.00. The van der Waals surface area contributed by atoms with E-state index >= 15 is 0 Å². The Morgan fingerprint density at radius 2 is 1.19 bits per heavy atom. The Morgan fingerprint density at radius 3 is 1.58 bits per heavy atom. The first-order valence-corrected chi connectivity index (χ1v) is 12.2. The fraction of sp³-hybridized carbons (Fsp3) is 0.222. The van der Waals surface area contributed by atoms with Crippen LogP contribution in [0.3, 0.4) is 0 Å². The molecule has 1 heterocycles. The van der Waals surface area contributed by atoms with E-state index in [-0.39, 0.29) is 0 Å². The van der Waals surface area contributed by atoms with Crippen molar-refractivity contribution in [2.45, 2.75) is 26.7 Å². The van der Waals surface area contributed by atoms with Crippen LogP contribution in [0.1, 0.15) is 48.3 Å². The third-order valence-corrected chi connectivity index (χ3v) is 6.13. The third kappa shape index (κ3) is 9.74. The fourth-order valence-corrected chi connectivity index (χ4v) is 4.37. The quantitative estimate of drug-likeness (QED) is 0.268. The number of hydrogen-bond acceptors (Lipinski definition) is 3. The summed E-state index contributed by atoms with van der Waals surface area (Å²) in [7, 11) is -2.63. The highest BCUT2D eigenvalue weighted by Gasteiger charge is 2.20. The van der Waals surface area contributed by atoms with Gasteiger partial charge in [0.2, 0.25) is 0 Å². The Bertz CT molecular complexity index is 1140. The van der Waals surface area contributed by atoms with E-state index in [0.717, 1.165) is 40.1 Å². The van der Waals surface area contributed by atoms with Crippen molar-refractivity contribution in [2.75, 3.05) is 14.2 Å². The average Bonchev–Trinajstić information content (AvgIpc) is 2.85. The molecule has 1 aromatic heterocycles. The molecule has 0 aliphatic heterocycles. The van der Waals surface area contributed by atoms with Crippen LogP contribution in [0.4, 0.5) is 17.3 Å². The normalized spacial score (nSPS) is 12.0. The molecule has 3 nitrogen and oxygen atoms in total. The lowest BCUT2D eigenvalue weighted by Gasteiger charge is -2.10. The molecule has 0 unspecified atom stereocenters. The molecule has 0 fully saturated rings. The fourth-order valence-electron chi connectivity index (χ4n) is 3.41. The van der Waals surface area contributed by atoms with Gasteiger partial charge in [0, 0.05) is 10.9 Å². The zero-order valence-electron chi connectivity index (χ0n) is 20.7. The zero-order valence-corrected chi connectivity index (χ0v) is 21.6. The Labute approximate surface area is 213 Å². The van der Waals surface area contributed by atoms with Crippen molar-refractivity contribution in [1.82, 2.24) is 0 Å². The predicted molar refractivity (Wildman–Crippen MR) is 142 cm³/mol. The van der Waals surface area contributed by atoms with Crippen LogP contribution in [-0.2, 0) is 0 Å². The van der Waals surface area contributed by atoms with Gasteiger partial charge in [0.1, 0.15) is 11.5 Å². The van der Waals surface area contributed by atoms with E-state index in [1.807, 2.05) is 24.3 Å². The van der Waals surface area contributed by atoms with Gasteiger partial charge in [0.25, 0.3) is 4.67 Å². The lowest BCUT2D eigenvalue weighted by molar-refractivity contribution is -0.167. The molecule has 9 heteroatoms. The van der Waals surface area contributed by atoms with Gasteiger partial charge in [-0.3, -0.25) is 0 Å². The minimum Gasteiger partial charge on any atom is -0.497 e. The molecule has 36 heavy (non-hydrogen) atoms. The lowest BCUT2D eigenvalue weighted by Crippen LogP contribution is -2.43. The van der Waals surface area contributed by atoms with Crippen LogP contribution >= 0.6 is 11.3 Å². The van der Waals surface area contributed by atoms with E-state index in [9.17, 15) is 17.3 Å². The van der Waals surface area contributed by atoms with Crippen molar-refractivity contribution in [2.24, 2.45) is 0 Å². The molecule has 2 aromatic carbocycles. The minimum absolute atomic E-state index is 0.815. The van der Waals surface area contributed by atoms with Gasteiger partial charge in [-0.25, -0.2) is 5.41 Å². The van der Waals surface area contributed by atoms with Gasteiger partial charge in [0.05, 0.1) is 14.2 Å². The first kappa shape index (κ1) is 28.9. The standard InChI is InChI=1S/C27H29NO2S.BF4/c1-5-21(15-19-7-11-24(29-3)12-8-19)23-17-26(31-27(28)18-23)22(6-2)16-20-9-13-25(30-4)14-10-20;2-1(3,4)5/h7-18,28H,5-6H2,1-4H3;/q;-1/p+1.